The van der Waals surface area contributed by atoms with Crippen LogP contribution in [0.25, 0.3) is 0 Å². The zero-order valence-electron chi connectivity index (χ0n) is 10.6. The van der Waals surface area contributed by atoms with Crippen LogP contribution in [0.4, 0.5) is 11.4 Å². The Kier molecular flexibility index (Phi) is 4.04. The van der Waals surface area contributed by atoms with Gasteiger partial charge in [0.1, 0.15) is 0 Å². The zero-order chi connectivity index (χ0) is 13.0. The van der Waals surface area contributed by atoms with Gasteiger partial charge in [-0.3, -0.25) is 4.79 Å². The molecule has 1 aliphatic heterocycles. The molecule has 0 spiro atoms. The quantitative estimate of drug-likeness (QED) is 0.795. The molecule has 0 bridgehead atoms. The fourth-order valence-corrected chi connectivity index (χ4v) is 1.97. The van der Waals surface area contributed by atoms with Crippen molar-refractivity contribution >= 4 is 17.3 Å². The van der Waals surface area contributed by atoms with Crippen LogP contribution in [0.5, 0.6) is 0 Å². The molecule has 2 rings (SSSR count). The molecule has 1 aromatic carbocycles. The number of carbonyl (C=O) groups is 1. The zero-order valence-corrected chi connectivity index (χ0v) is 10.6. The molecule has 1 aromatic rings. The van der Waals surface area contributed by atoms with E-state index in [4.69, 9.17) is 10.5 Å². The maximum Gasteiger partial charge on any atom is 0.242 e. The molecule has 18 heavy (non-hydrogen) atoms. The highest BCUT2D eigenvalue weighted by atomic mass is 16.5. The molecule has 0 radical (unpaired) electrons. The lowest BCUT2D eigenvalue weighted by Gasteiger charge is -2.29. The molecular weight excluding hydrogens is 230 g/mol. The van der Waals surface area contributed by atoms with Crippen molar-refractivity contribution in [3.8, 4) is 0 Å². The lowest BCUT2D eigenvalue weighted by molar-refractivity contribution is -0.133. The van der Waals surface area contributed by atoms with Crippen molar-refractivity contribution in [2.24, 2.45) is 0 Å². The summed E-state index contributed by atoms with van der Waals surface area (Å²) in [5.41, 5.74) is 7.39. The average Bonchev–Trinajstić information content (AvgIpc) is 2.39. The topological polar surface area (TPSA) is 58.8 Å². The van der Waals surface area contributed by atoms with Gasteiger partial charge in [0, 0.05) is 31.5 Å². The van der Waals surface area contributed by atoms with Crippen molar-refractivity contribution in [3.63, 3.8) is 0 Å². The van der Waals surface area contributed by atoms with Gasteiger partial charge in [0.05, 0.1) is 19.8 Å². The Morgan fingerprint density at radius 2 is 2.17 bits per heavy atom. The number of nitrogens with two attached hydrogens (primary N) is 1. The first kappa shape index (κ1) is 12.7. The highest BCUT2D eigenvalue weighted by Gasteiger charge is 2.18. The number of nitrogens with zero attached hydrogens (tertiary/aromatic N) is 2. The molecular formula is C13H19N3O2. The summed E-state index contributed by atoms with van der Waals surface area (Å²) in [5.74, 6) is 0.128. The van der Waals surface area contributed by atoms with Crippen LogP contribution in [0.3, 0.4) is 0 Å². The molecule has 5 nitrogen and oxygen atoms in total. The highest BCUT2D eigenvalue weighted by Crippen LogP contribution is 2.16. The minimum absolute atomic E-state index is 0.128. The van der Waals surface area contributed by atoms with E-state index in [0.717, 1.165) is 5.69 Å². The first-order valence-corrected chi connectivity index (χ1v) is 6.09. The van der Waals surface area contributed by atoms with Crippen LogP contribution in [0, 0.1) is 0 Å². The summed E-state index contributed by atoms with van der Waals surface area (Å²) in [5, 5.41) is 0. The number of benzene rings is 1. The van der Waals surface area contributed by atoms with Gasteiger partial charge in [-0.05, 0) is 18.2 Å². The third-order valence-corrected chi connectivity index (χ3v) is 3.05. The van der Waals surface area contributed by atoms with E-state index in [9.17, 15) is 4.79 Å². The van der Waals surface area contributed by atoms with Crippen LogP contribution < -0.4 is 10.6 Å². The second-order valence-corrected chi connectivity index (χ2v) is 4.44. The van der Waals surface area contributed by atoms with Crippen LogP contribution in [-0.2, 0) is 9.53 Å². The van der Waals surface area contributed by atoms with E-state index in [-0.39, 0.29) is 5.91 Å². The van der Waals surface area contributed by atoms with Gasteiger partial charge >= 0.3 is 0 Å². The summed E-state index contributed by atoms with van der Waals surface area (Å²) in [6.07, 6.45) is 0. The van der Waals surface area contributed by atoms with E-state index in [0.29, 0.717) is 38.5 Å². The number of nitrogen functional groups attached to an aromatic ring is 1. The summed E-state index contributed by atoms with van der Waals surface area (Å²) >= 11 is 0. The number of carbonyl (C=O) groups excluding carboxylic acids is 1. The van der Waals surface area contributed by atoms with E-state index >= 15 is 0 Å². The normalized spacial score (nSPS) is 15.5. The maximum atomic E-state index is 12.1. The fraction of sp³-hybridized carbons (Fsp3) is 0.462. The molecule has 1 heterocycles. The smallest absolute Gasteiger partial charge is 0.242 e. The first-order valence-electron chi connectivity index (χ1n) is 6.09. The summed E-state index contributed by atoms with van der Waals surface area (Å²) < 4.78 is 5.23. The number of morpholine rings is 1. The minimum atomic E-state index is 0.128. The van der Waals surface area contributed by atoms with Gasteiger partial charge in [-0.2, -0.15) is 0 Å². The van der Waals surface area contributed by atoms with Crippen molar-refractivity contribution in [2.45, 2.75) is 0 Å². The highest BCUT2D eigenvalue weighted by molar-refractivity contribution is 5.81. The molecule has 1 amide bonds. The van der Waals surface area contributed by atoms with Crippen LogP contribution in [0.2, 0.25) is 0 Å². The van der Waals surface area contributed by atoms with E-state index in [2.05, 4.69) is 0 Å². The average molecular weight is 249 g/mol. The largest absolute Gasteiger partial charge is 0.399 e. The molecule has 0 saturated carbocycles. The second kappa shape index (κ2) is 5.73. The Morgan fingerprint density at radius 3 is 2.83 bits per heavy atom. The summed E-state index contributed by atoms with van der Waals surface area (Å²) in [4.78, 5) is 15.8. The van der Waals surface area contributed by atoms with Crippen molar-refractivity contribution in [2.75, 3.05) is 50.5 Å². The molecule has 98 valence electrons. The summed E-state index contributed by atoms with van der Waals surface area (Å²) in [6, 6.07) is 7.54. The van der Waals surface area contributed by atoms with Crippen LogP contribution in [-0.4, -0.2) is 50.7 Å². The van der Waals surface area contributed by atoms with Gasteiger partial charge in [-0.1, -0.05) is 6.07 Å². The van der Waals surface area contributed by atoms with Gasteiger partial charge < -0.3 is 20.3 Å². The van der Waals surface area contributed by atoms with Gasteiger partial charge in [-0.15, -0.1) is 0 Å². The molecule has 0 aliphatic carbocycles. The fourth-order valence-electron chi connectivity index (χ4n) is 1.97. The Bertz CT molecular complexity index is 416. The SMILES string of the molecule is CN(CC(=O)N1CCOCC1)c1cccc(N)c1. The van der Waals surface area contributed by atoms with Gasteiger partial charge in [0.15, 0.2) is 0 Å². The third-order valence-electron chi connectivity index (χ3n) is 3.05. The van der Waals surface area contributed by atoms with E-state index in [1.807, 2.05) is 41.1 Å². The van der Waals surface area contributed by atoms with Gasteiger partial charge in [0.25, 0.3) is 0 Å². The van der Waals surface area contributed by atoms with Crippen LogP contribution >= 0.6 is 0 Å². The van der Waals surface area contributed by atoms with Gasteiger partial charge in [0.2, 0.25) is 5.91 Å². The number of hydrogen-bond acceptors (Lipinski definition) is 4. The lowest BCUT2D eigenvalue weighted by Crippen LogP contribution is -2.45. The Hall–Kier alpha value is -1.75. The van der Waals surface area contributed by atoms with Crippen LogP contribution in [0.15, 0.2) is 24.3 Å². The maximum absolute atomic E-state index is 12.1. The second-order valence-electron chi connectivity index (χ2n) is 4.44. The summed E-state index contributed by atoms with van der Waals surface area (Å²) in [6.45, 7) is 3.00. The molecule has 1 fully saturated rings. The molecule has 2 N–H and O–H groups in total. The molecule has 5 heteroatoms. The van der Waals surface area contributed by atoms with Crippen LogP contribution in [0.1, 0.15) is 0 Å². The first-order chi connectivity index (χ1) is 8.66. The minimum Gasteiger partial charge on any atom is -0.399 e. The Morgan fingerprint density at radius 1 is 1.44 bits per heavy atom. The number of anilines is 2. The predicted octanol–water partition coefficient (Wildman–Crippen LogP) is 0.564. The van der Waals surface area contributed by atoms with E-state index in [1.165, 1.54) is 0 Å². The van der Waals surface area contributed by atoms with Gasteiger partial charge in [-0.25, -0.2) is 0 Å². The number of likely N-dealkylation sites (N-methyl/N-ethyl adjacent to an activating group) is 1. The molecule has 0 unspecified atom stereocenters. The number of ether oxygens (including phenoxy) is 1. The lowest BCUT2D eigenvalue weighted by atomic mass is 10.2. The number of rotatable bonds is 3. The van der Waals surface area contributed by atoms with E-state index in [1.54, 1.807) is 0 Å². The molecule has 0 atom stereocenters. The van der Waals surface area contributed by atoms with Crippen molar-refractivity contribution in [3.05, 3.63) is 24.3 Å². The Labute approximate surface area is 107 Å². The van der Waals surface area contributed by atoms with Crippen molar-refractivity contribution in [1.82, 2.24) is 4.90 Å². The van der Waals surface area contributed by atoms with Crippen molar-refractivity contribution < 1.29 is 9.53 Å². The van der Waals surface area contributed by atoms with E-state index < -0.39 is 0 Å². The standard InChI is InChI=1S/C13H19N3O2/c1-15(12-4-2-3-11(14)9-12)10-13(17)16-5-7-18-8-6-16/h2-4,9H,5-8,10,14H2,1H3. The number of amides is 1. The third kappa shape index (κ3) is 3.13. The molecule has 1 saturated heterocycles. The monoisotopic (exact) mass is 249 g/mol. The molecule has 1 aliphatic rings. The molecule has 0 aromatic heterocycles. The van der Waals surface area contributed by atoms with Crippen molar-refractivity contribution in [1.29, 1.82) is 0 Å². The number of hydrogen-bond donors (Lipinski definition) is 1. The predicted molar refractivity (Wildman–Crippen MR) is 71.5 cm³/mol. The Balaban J connectivity index is 1.94. The summed E-state index contributed by atoms with van der Waals surface area (Å²) in [7, 11) is 1.90.